The number of carbonyl (C=O) groups is 2. The smallest absolute Gasteiger partial charge is 0.233 e. The number of piperidine rings is 1. The van der Waals surface area contributed by atoms with Crippen molar-refractivity contribution in [1.29, 1.82) is 0 Å². The summed E-state index contributed by atoms with van der Waals surface area (Å²) in [6.45, 7) is 0.641. The lowest BCUT2D eigenvalue weighted by atomic mass is 9.58. The van der Waals surface area contributed by atoms with Gasteiger partial charge in [-0.2, -0.15) is 0 Å². The fourth-order valence-electron chi connectivity index (χ4n) is 4.99. The van der Waals surface area contributed by atoms with Crippen LogP contribution in [0.5, 0.6) is 5.75 Å². The van der Waals surface area contributed by atoms with E-state index in [0.717, 1.165) is 49.8 Å². The normalized spacial score (nSPS) is 30.0. The molecule has 4 rings (SSSR count). The number of benzene rings is 1. The predicted octanol–water partition coefficient (Wildman–Crippen LogP) is 3.68. The average Bonchev–Trinajstić information content (AvgIpc) is 2.60. The SMILES string of the molecule is COc1cccc([C@]23CCCC[C@@H]2C(=O)N(CC2CCC2)C(=O)C3)c1. The van der Waals surface area contributed by atoms with Gasteiger partial charge in [-0.15, -0.1) is 0 Å². The number of fused-ring (bicyclic) bond motifs is 1. The predicted molar refractivity (Wildman–Crippen MR) is 95.3 cm³/mol. The third-order valence-electron chi connectivity index (χ3n) is 6.67. The molecule has 0 unspecified atom stereocenters. The van der Waals surface area contributed by atoms with Crippen LogP contribution < -0.4 is 4.74 Å². The molecule has 2 atom stereocenters. The van der Waals surface area contributed by atoms with E-state index in [9.17, 15) is 9.59 Å². The van der Waals surface area contributed by atoms with Gasteiger partial charge in [0.25, 0.3) is 0 Å². The zero-order valence-electron chi connectivity index (χ0n) is 15.0. The van der Waals surface area contributed by atoms with E-state index in [4.69, 9.17) is 4.74 Å². The summed E-state index contributed by atoms with van der Waals surface area (Å²) in [4.78, 5) is 27.8. The molecule has 25 heavy (non-hydrogen) atoms. The molecule has 3 aliphatic rings. The highest BCUT2D eigenvalue weighted by Gasteiger charge is 2.53. The third kappa shape index (κ3) is 2.76. The summed E-state index contributed by atoms with van der Waals surface area (Å²) in [7, 11) is 1.66. The van der Waals surface area contributed by atoms with E-state index in [1.807, 2.05) is 18.2 Å². The van der Waals surface area contributed by atoms with E-state index in [0.29, 0.717) is 18.9 Å². The number of likely N-dealkylation sites (tertiary alicyclic amines) is 1. The molecule has 0 bridgehead atoms. The highest BCUT2D eigenvalue weighted by Crippen LogP contribution is 2.50. The second-order valence-corrected chi connectivity index (χ2v) is 8.00. The number of rotatable bonds is 4. The lowest BCUT2D eigenvalue weighted by Gasteiger charge is -2.50. The highest BCUT2D eigenvalue weighted by atomic mass is 16.5. The average molecular weight is 341 g/mol. The Morgan fingerprint density at radius 2 is 2.00 bits per heavy atom. The van der Waals surface area contributed by atoms with Gasteiger partial charge < -0.3 is 4.74 Å². The van der Waals surface area contributed by atoms with Gasteiger partial charge in [0, 0.05) is 24.3 Å². The number of carbonyl (C=O) groups excluding carboxylic acids is 2. The minimum Gasteiger partial charge on any atom is -0.497 e. The maximum atomic E-state index is 13.3. The van der Waals surface area contributed by atoms with Crippen LogP contribution in [0.25, 0.3) is 0 Å². The number of ether oxygens (including phenoxy) is 1. The van der Waals surface area contributed by atoms with Crippen molar-refractivity contribution >= 4 is 11.8 Å². The number of hydrogen-bond donors (Lipinski definition) is 0. The second-order valence-electron chi connectivity index (χ2n) is 8.00. The minimum atomic E-state index is -0.336. The van der Waals surface area contributed by atoms with Gasteiger partial charge in [0.15, 0.2) is 0 Å². The van der Waals surface area contributed by atoms with Gasteiger partial charge in [-0.25, -0.2) is 0 Å². The Hall–Kier alpha value is -1.84. The van der Waals surface area contributed by atoms with Gasteiger partial charge in [0.05, 0.1) is 7.11 Å². The molecular formula is C21H27NO3. The Kier molecular flexibility index (Phi) is 4.30. The summed E-state index contributed by atoms with van der Waals surface area (Å²) in [6, 6.07) is 8.00. The zero-order chi connectivity index (χ0) is 17.4. The number of amides is 2. The first-order valence-electron chi connectivity index (χ1n) is 9.63. The van der Waals surface area contributed by atoms with Crippen molar-refractivity contribution in [2.75, 3.05) is 13.7 Å². The Morgan fingerprint density at radius 1 is 1.16 bits per heavy atom. The van der Waals surface area contributed by atoms with Crippen LogP contribution in [-0.2, 0) is 15.0 Å². The van der Waals surface area contributed by atoms with Crippen LogP contribution in [-0.4, -0.2) is 30.4 Å². The number of imide groups is 1. The van der Waals surface area contributed by atoms with Gasteiger partial charge in [0.1, 0.15) is 5.75 Å². The van der Waals surface area contributed by atoms with Crippen LogP contribution in [0.3, 0.4) is 0 Å². The van der Waals surface area contributed by atoms with Crippen molar-refractivity contribution in [3.8, 4) is 5.75 Å². The Labute approximate surface area is 149 Å². The van der Waals surface area contributed by atoms with Gasteiger partial charge in [-0.3, -0.25) is 14.5 Å². The van der Waals surface area contributed by atoms with Crippen molar-refractivity contribution < 1.29 is 14.3 Å². The number of methoxy groups -OCH3 is 1. The molecule has 3 fully saturated rings. The molecule has 134 valence electrons. The van der Waals surface area contributed by atoms with Crippen molar-refractivity contribution in [3.05, 3.63) is 29.8 Å². The summed E-state index contributed by atoms with van der Waals surface area (Å²) in [5.41, 5.74) is 0.762. The van der Waals surface area contributed by atoms with Gasteiger partial charge in [-0.05, 0) is 49.3 Å². The molecule has 2 aliphatic carbocycles. The summed E-state index contributed by atoms with van der Waals surface area (Å²) < 4.78 is 5.39. The third-order valence-corrected chi connectivity index (χ3v) is 6.67. The van der Waals surface area contributed by atoms with Crippen molar-refractivity contribution in [3.63, 3.8) is 0 Å². The van der Waals surface area contributed by atoms with E-state index in [1.54, 1.807) is 12.0 Å². The van der Waals surface area contributed by atoms with Crippen LogP contribution >= 0.6 is 0 Å². The maximum absolute atomic E-state index is 13.3. The lowest BCUT2D eigenvalue weighted by Crippen LogP contribution is -2.58. The molecule has 1 aliphatic heterocycles. The van der Waals surface area contributed by atoms with E-state index < -0.39 is 0 Å². The topological polar surface area (TPSA) is 46.6 Å². The highest BCUT2D eigenvalue weighted by molar-refractivity contribution is 6.01. The molecule has 0 N–H and O–H groups in total. The van der Waals surface area contributed by atoms with E-state index in [-0.39, 0.29) is 23.1 Å². The first-order chi connectivity index (χ1) is 12.1. The van der Waals surface area contributed by atoms with Crippen molar-refractivity contribution in [1.82, 2.24) is 4.90 Å². The quantitative estimate of drug-likeness (QED) is 0.785. The number of hydrogen-bond acceptors (Lipinski definition) is 3. The first-order valence-corrected chi connectivity index (χ1v) is 9.63. The van der Waals surface area contributed by atoms with Crippen molar-refractivity contribution in [2.24, 2.45) is 11.8 Å². The largest absolute Gasteiger partial charge is 0.497 e. The molecule has 1 heterocycles. The first kappa shape index (κ1) is 16.6. The molecule has 1 aromatic rings. The molecule has 0 spiro atoms. The fourth-order valence-corrected chi connectivity index (χ4v) is 4.99. The van der Waals surface area contributed by atoms with E-state index in [2.05, 4.69) is 6.07 Å². The summed E-state index contributed by atoms with van der Waals surface area (Å²) >= 11 is 0. The minimum absolute atomic E-state index is 0.0258. The molecule has 1 aromatic carbocycles. The fraction of sp³-hybridized carbons (Fsp3) is 0.619. The molecule has 0 aromatic heterocycles. The summed E-state index contributed by atoms with van der Waals surface area (Å²) in [5, 5.41) is 0. The zero-order valence-corrected chi connectivity index (χ0v) is 15.0. The van der Waals surface area contributed by atoms with Gasteiger partial charge in [0.2, 0.25) is 11.8 Å². The van der Waals surface area contributed by atoms with Crippen LogP contribution in [0.15, 0.2) is 24.3 Å². The molecule has 2 amide bonds. The molecule has 0 radical (unpaired) electrons. The van der Waals surface area contributed by atoms with Gasteiger partial charge in [-0.1, -0.05) is 31.4 Å². The summed E-state index contributed by atoms with van der Waals surface area (Å²) in [5.74, 6) is 1.36. The van der Waals surface area contributed by atoms with Crippen LogP contribution in [0.1, 0.15) is 56.9 Å². The molecule has 4 heteroatoms. The maximum Gasteiger partial charge on any atom is 0.233 e. The van der Waals surface area contributed by atoms with Crippen molar-refractivity contribution in [2.45, 2.75) is 56.8 Å². The molecule has 4 nitrogen and oxygen atoms in total. The van der Waals surface area contributed by atoms with E-state index >= 15 is 0 Å². The Balaban J connectivity index is 1.68. The standard InChI is InChI=1S/C21H27NO3/c1-25-17-9-5-8-16(12-17)21-11-3-2-10-18(21)20(24)22(19(23)13-21)14-15-6-4-7-15/h5,8-9,12,15,18H,2-4,6-7,10-11,13-14H2,1H3/t18-,21-/m1/s1. The molecular weight excluding hydrogens is 314 g/mol. The molecule has 1 saturated heterocycles. The summed E-state index contributed by atoms with van der Waals surface area (Å²) in [6.07, 6.45) is 7.97. The van der Waals surface area contributed by atoms with Crippen LogP contribution in [0.4, 0.5) is 0 Å². The van der Waals surface area contributed by atoms with Crippen LogP contribution in [0, 0.1) is 11.8 Å². The van der Waals surface area contributed by atoms with E-state index in [1.165, 1.54) is 6.42 Å². The van der Waals surface area contributed by atoms with Gasteiger partial charge >= 0.3 is 0 Å². The Morgan fingerprint density at radius 3 is 2.72 bits per heavy atom. The van der Waals surface area contributed by atoms with Crippen LogP contribution in [0.2, 0.25) is 0 Å². The lowest BCUT2D eigenvalue weighted by molar-refractivity contribution is -0.159. The second kappa shape index (κ2) is 6.47. The monoisotopic (exact) mass is 341 g/mol. The Bertz CT molecular complexity index is 681. The molecule has 2 saturated carbocycles. The number of nitrogens with zero attached hydrogens (tertiary/aromatic N) is 1.